The maximum atomic E-state index is 15.0. The molecule has 174 valence electrons. The minimum Gasteiger partial charge on any atom is -0.302 e. The van der Waals surface area contributed by atoms with E-state index in [9.17, 15) is 22.4 Å². The van der Waals surface area contributed by atoms with Crippen LogP contribution in [0.4, 0.5) is 33.3 Å². The zero-order chi connectivity index (χ0) is 25.1. The number of pyridine rings is 1. The van der Waals surface area contributed by atoms with Gasteiger partial charge in [-0.25, -0.2) is 8.78 Å². The number of hydrogen-bond acceptors (Lipinski definition) is 4. The number of carbonyl (C=O) groups is 1. The van der Waals surface area contributed by atoms with E-state index >= 15 is 4.39 Å². The lowest BCUT2D eigenvalue weighted by Crippen LogP contribution is -2.44. The van der Waals surface area contributed by atoms with Crippen molar-refractivity contribution in [1.29, 1.82) is 5.26 Å². The molecule has 0 unspecified atom stereocenters. The number of amides is 1. The highest BCUT2D eigenvalue weighted by atomic mass is 32.1. The van der Waals surface area contributed by atoms with E-state index in [-0.39, 0.29) is 16.5 Å². The largest absolute Gasteiger partial charge is 0.420 e. The first-order valence-electron chi connectivity index (χ1n) is 9.68. The Labute approximate surface area is 192 Å². The number of halogens is 5. The van der Waals surface area contributed by atoms with E-state index in [1.54, 1.807) is 20.8 Å². The number of thiocarbonyl (C=S) groups is 1. The standard InChI is InChI=1S/C22H19F5N4OS/c1-20(2,3)17-13(23)8-12(10-29-17)31-19(33)30(18(32)21(31,4)5)14-7-6-11(9-28)15(16(14)24)22(25,26)27/h6-8,10H,1-5H3. The van der Waals surface area contributed by atoms with Crippen LogP contribution in [0.5, 0.6) is 0 Å². The van der Waals surface area contributed by atoms with Gasteiger partial charge in [0.1, 0.15) is 16.9 Å². The Morgan fingerprint density at radius 1 is 1.15 bits per heavy atom. The molecule has 1 aromatic carbocycles. The maximum Gasteiger partial charge on any atom is 0.420 e. The molecular weight excluding hydrogens is 463 g/mol. The Balaban J connectivity index is 2.16. The van der Waals surface area contributed by atoms with Crippen LogP contribution in [0.3, 0.4) is 0 Å². The third-order valence-electron chi connectivity index (χ3n) is 5.23. The molecule has 1 fully saturated rings. The SMILES string of the molecule is CC(C)(C)c1ncc(N2C(=S)N(c3ccc(C#N)c(C(F)(F)F)c3F)C(=O)C2(C)C)cc1F. The summed E-state index contributed by atoms with van der Waals surface area (Å²) in [4.78, 5) is 19.1. The number of aromatic nitrogens is 1. The average Bonchev–Trinajstić information content (AvgIpc) is 2.84. The molecule has 1 aliphatic heterocycles. The first kappa shape index (κ1) is 24.5. The van der Waals surface area contributed by atoms with Crippen molar-refractivity contribution in [3.05, 3.63) is 52.9 Å². The van der Waals surface area contributed by atoms with Crippen LogP contribution in [0.25, 0.3) is 0 Å². The average molecular weight is 482 g/mol. The summed E-state index contributed by atoms with van der Waals surface area (Å²) < 4.78 is 70.1. The Morgan fingerprint density at radius 3 is 2.24 bits per heavy atom. The van der Waals surface area contributed by atoms with E-state index in [1.807, 2.05) is 0 Å². The second kappa shape index (κ2) is 7.73. The molecule has 1 saturated heterocycles. The fourth-order valence-corrected chi connectivity index (χ4v) is 4.17. The summed E-state index contributed by atoms with van der Waals surface area (Å²) in [5.41, 5.74) is -5.33. The number of nitrogens with zero attached hydrogens (tertiary/aromatic N) is 4. The molecule has 0 N–H and O–H groups in total. The highest BCUT2D eigenvalue weighted by Crippen LogP contribution is 2.42. The molecule has 0 saturated carbocycles. The molecule has 2 heterocycles. The summed E-state index contributed by atoms with van der Waals surface area (Å²) in [6.45, 7) is 8.13. The number of hydrogen-bond donors (Lipinski definition) is 0. The van der Waals surface area contributed by atoms with Crippen LogP contribution in [0, 0.1) is 23.0 Å². The lowest BCUT2D eigenvalue weighted by molar-refractivity contribution is -0.140. The Kier molecular flexibility index (Phi) is 5.74. The van der Waals surface area contributed by atoms with Crippen molar-refractivity contribution < 1.29 is 26.7 Å². The predicted molar refractivity (Wildman–Crippen MR) is 116 cm³/mol. The van der Waals surface area contributed by atoms with Crippen molar-refractivity contribution in [2.24, 2.45) is 0 Å². The van der Waals surface area contributed by atoms with Gasteiger partial charge in [0.2, 0.25) is 0 Å². The number of alkyl halides is 3. The van der Waals surface area contributed by atoms with Crippen molar-refractivity contribution in [1.82, 2.24) is 4.98 Å². The van der Waals surface area contributed by atoms with Crippen molar-refractivity contribution in [3.8, 4) is 6.07 Å². The predicted octanol–water partition coefficient (Wildman–Crippen LogP) is 5.46. The molecule has 3 rings (SSSR count). The highest BCUT2D eigenvalue weighted by molar-refractivity contribution is 7.81. The van der Waals surface area contributed by atoms with Gasteiger partial charge in [-0.3, -0.25) is 14.7 Å². The van der Waals surface area contributed by atoms with Crippen molar-refractivity contribution in [2.45, 2.75) is 51.7 Å². The topological polar surface area (TPSA) is 60.2 Å². The summed E-state index contributed by atoms with van der Waals surface area (Å²) in [5, 5.41) is 8.62. The van der Waals surface area contributed by atoms with Crippen molar-refractivity contribution >= 4 is 34.6 Å². The molecule has 0 aliphatic carbocycles. The number of nitriles is 1. The third-order valence-corrected chi connectivity index (χ3v) is 5.59. The molecule has 0 radical (unpaired) electrons. The molecule has 1 aliphatic rings. The summed E-state index contributed by atoms with van der Waals surface area (Å²) in [6.07, 6.45) is -3.88. The Hall–Kier alpha value is -3.13. The second-order valence-electron chi connectivity index (χ2n) is 9.02. The highest BCUT2D eigenvalue weighted by Gasteiger charge is 2.52. The molecule has 0 spiro atoms. The maximum absolute atomic E-state index is 15.0. The van der Waals surface area contributed by atoms with Gasteiger partial charge in [-0.05, 0) is 38.2 Å². The van der Waals surface area contributed by atoms with Crippen LogP contribution in [0.1, 0.15) is 51.4 Å². The molecule has 5 nitrogen and oxygen atoms in total. The lowest BCUT2D eigenvalue weighted by Gasteiger charge is -2.30. The Morgan fingerprint density at radius 2 is 1.76 bits per heavy atom. The zero-order valence-electron chi connectivity index (χ0n) is 18.3. The van der Waals surface area contributed by atoms with Crippen molar-refractivity contribution in [3.63, 3.8) is 0 Å². The van der Waals surface area contributed by atoms with Crippen LogP contribution >= 0.6 is 12.2 Å². The van der Waals surface area contributed by atoms with Gasteiger partial charge < -0.3 is 4.90 Å². The summed E-state index contributed by atoms with van der Waals surface area (Å²) in [5.74, 6) is -3.29. The zero-order valence-corrected chi connectivity index (χ0v) is 19.1. The van der Waals surface area contributed by atoms with Gasteiger partial charge in [-0.2, -0.15) is 18.4 Å². The second-order valence-corrected chi connectivity index (χ2v) is 9.39. The van der Waals surface area contributed by atoms with E-state index in [0.29, 0.717) is 4.90 Å². The molecular formula is C22H19F5N4OS. The van der Waals surface area contributed by atoms with E-state index in [1.165, 1.54) is 31.0 Å². The van der Waals surface area contributed by atoms with Crippen LogP contribution < -0.4 is 9.80 Å². The number of rotatable bonds is 2. The molecule has 11 heteroatoms. The molecule has 33 heavy (non-hydrogen) atoms. The van der Waals surface area contributed by atoms with E-state index in [0.717, 1.165) is 18.2 Å². The van der Waals surface area contributed by atoms with Gasteiger partial charge >= 0.3 is 6.18 Å². The molecule has 0 atom stereocenters. The fourth-order valence-electron chi connectivity index (χ4n) is 3.65. The molecule has 0 bridgehead atoms. The van der Waals surface area contributed by atoms with Gasteiger partial charge in [0.05, 0.1) is 34.9 Å². The van der Waals surface area contributed by atoms with Crippen LogP contribution in [-0.2, 0) is 16.4 Å². The summed E-state index contributed by atoms with van der Waals surface area (Å²) in [7, 11) is 0. The van der Waals surface area contributed by atoms with Gasteiger partial charge in [0, 0.05) is 11.5 Å². The minimum atomic E-state index is -5.18. The number of anilines is 2. The van der Waals surface area contributed by atoms with Gasteiger partial charge in [0.25, 0.3) is 5.91 Å². The van der Waals surface area contributed by atoms with E-state index in [4.69, 9.17) is 17.5 Å². The molecule has 1 amide bonds. The van der Waals surface area contributed by atoms with E-state index in [2.05, 4.69) is 4.98 Å². The first-order valence-corrected chi connectivity index (χ1v) is 10.1. The third kappa shape index (κ3) is 3.93. The minimum absolute atomic E-state index is 0.0800. The van der Waals surface area contributed by atoms with Crippen LogP contribution in [-0.4, -0.2) is 21.5 Å². The quantitative estimate of drug-likeness (QED) is 0.420. The van der Waals surface area contributed by atoms with Gasteiger partial charge in [0.15, 0.2) is 10.9 Å². The van der Waals surface area contributed by atoms with Crippen LogP contribution in [0.2, 0.25) is 0 Å². The normalized spacial score (nSPS) is 16.4. The van der Waals surface area contributed by atoms with E-state index < -0.39 is 51.5 Å². The smallest absolute Gasteiger partial charge is 0.302 e. The lowest BCUT2D eigenvalue weighted by atomic mass is 9.91. The number of carbonyl (C=O) groups excluding carboxylic acids is 1. The summed E-state index contributed by atoms with van der Waals surface area (Å²) in [6, 6.07) is 4.07. The van der Waals surface area contributed by atoms with Crippen molar-refractivity contribution in [2.75, 3.05) is 9.80 Å². The molecule has 1 aromatic heterocycles. The van der Waals surface area contributed by atoms with Gasteiger partial charge in [-0.1, -0.05) is 20.8 Å². The fraction of sp³-hybridized carbons (Fsp3) is 0.364. The van der Waals surface area contributed by atoms with Crippen LogP contribution in [0.15, 0.2) is 24.4 Å². The monoisotopic (exact) mass is 482 g/mol. The molecule has 2 aromatic rings. The van der Waals surface area contributed by atoms with Gasteiger partial charge in [-0.15, -0.1) is 0 Å². The first-order chi connectivity index (χ1) is 15.0. The number of benzene rings is 1. The Bertz CT molecular complexity index is 1210. The summed E-state index contributed by atoms with van der Waals surface area (Å²) >= 11 is 5.33.